The lowest BCUT2D eigenvalue weighted by atomic mass is 10.1. The summed E-state index contributed by atoms with van der Waals surface area (Å²) < 4.78 is 1.30. The van der Waals surface area contributed by atoms with E-state index >= 15 is 0 Å². The number of carbonyl (C=O) groups excluding carboxylic acids is 2. The molecule has 3 heterocycles. The Bertz CT molecular complexity index is 1400. The fourth-order valence-corrected chi connectivity index (χ4v) is 5.20. The largest absolute Gasteiger partial charge is 0.339 e. The van der Waals surface area contributed by atoms with E-state index in [1.165, 1.54) is 22.2 Å². The molecule has 1 N–H and O–H groups in total. The number of piperidine rings is 1. The van der Waals surface area contributed by atoms with Crippen LogP contribution in [0.25, 0.3) is 20.7 Å². The van der Waals surface area contributed by atoms with E-state index in [2.05, 4.69) is 10.3 Å². The number of para-hydroxylation sites is 1. The third-order valence-corrected chi connectivity index (χ3v) is 7.06. The van der Waals surface area contributed by atoms with Gasteiger partial charge in [0.05, 0.1) is 23.0 Å². The number of benzene rings is 2. The van der Waals surface area contributed by atoms with Crippen LogP contribution in [0.4, 0.5) is 5.69 Å². The molecule has 0 bridgehead atoms. The second-order valence-electron chi connectivity index (χ2n) is 8.32. The summed E-state index contributed by atoms with van der Waals surface area (Å²) in [6.07, 6.45) is 4.52. The number of carbonyl (C=O) groups is 2. The molecule has 0 spiro atoms. The summed E-state index contributed by atoms with van der Waals surface area (Å²) in [4.78, 5) is 46.7. The van der Waals surface area contributed by atoms with Crippen molar-refractivity contribution in [3.63, 3.8) is 0 Å². The summed E-state index contributed by atoms with van der Waals surface area (Å²) in [5.74, 6) is -0.469. The number of amides is 2. The molecular weight excluding hydrogens is 448 g/mol. The van der Waals surface area contributed by atoms with Crippen LogP contribution in [0.15, 0.2) is 71.8 Å². The number of thiophene rings is 1. The zero-order chi connectivity index (χ0) is 23.5. The zero-order valence-electron chi connectivity index (χ0n) is 18.6. The van der Waals surface area contributed by atoms with Gasteiger partial charge >= 0.3 is 0 Å². The predicted octanol–water partition coefficient (Wildman–Crippen LogP) is 4.39. The minimum Gasteiger partial charge on any atom is -0.339 e. The number of hydrogen-bond donors (Lipinski definition) is 1. The fraction of sp³-hybridized carbons (Fsp3) is 0.231. The smallest absolute Gasteiger partial charge is 0.262 e. The molecule has 5 rings (SSSR count). The molecule has 2 aromatic carbocycles. The molecule has 0 atom stereocenters. The Morgan fingerprint density at radius 2 is 1.71 bits per heavy atom. The van der Waals surface area contributed by atoms with Gasteiger partial charge in [0.2, 0.25) is 5.91 Å². The number of nitrogens with zero attached hydrogens (tertiary/aromatic N) is 3. The Hall–Kier alpha value is -3.78. The summed E-state index contributed by atoms with van der Waals surface area (Å²) in [5, 5.41) is 3.30. The second-order valence-corrected chi connectivity index (χ2v) is 9.35. The van der Waals surface area contributed by atoms with Crippen LogP contribution >= 0.6 is 11.3 Å². The highest BCUT2D eigenvalue weighted by molar-refractivity contribution is 7.21. The number of hydrogen-bond acceptors (Lipinski definition) is 5. The average molecular weight is 473 g/mol. The predicted molar refractivity (Wildman–Crippen MR) is 134 cm³/mol. The highest BCUT2D eigenvalue weighted by Crippen LogP contribution is 2.30. The SMILES string of the molecule is O=C(Cn1cnc2sc(-c3ccccc3)cc2c1=O)Nc1ccccc1C(=O)N1CCCCC1. The van der Waals surface area contributed by atoms with Crippen molar-refractivity contribution in [1.82, 2.24) is 14.5 Å². The zero-order valence-corrected chi connectivity index (χ0v) is 19.4. The van der Waals surface area contributed by atoms with Gasteiger partial charge in [0.1, 0.15) is 11.4 Å². The van der Waals surface area contributed by atoms with Crippen molar-refractivity contribution in [2.24, 2.45) is 0 Å². The van der Waals surface area contributed by atoms with Crippen molar-refractivity contribution < 1.29 is 9.59 Å². The first-order chi connectivity index (χ1) is 16.6. The minimum atomic E-state index is -0.388. The van der Waals surface area contributed by atoms with Crippen LogP contribution in [0.1, 0.15) is 29.6 Å². The van der Waals surface area contributed by atoms with Gasteiger partial charge in [-0.05, 0) is 43.0 Å². The molecule has 172 valence electrons. The van der Waals surface area contributed by atoms with Crippen molar-refractivity contribution in [1.29, 1.82) is 0 Å². The van der Waals surface area contributed by atoms with Gasteiger partial charge in [-0.1, -0.05) is 42.5 Å². The van der Waals surface area contributed by atoms with Crippen molar-refractivity contribution in [2.45, 2.75) is 25.8 Å². The lowest BCUT2D eigenvalue weighted by molar-refractivity contribution is -0.116. The van der Waals surface area contributed by atoms with E-state index in [1.807, 2.05) is 41.3 Å². The van der Waals surface area contributed by atoms with Gasteiger partial charge in [0.25, 0.3) is 11.5 Å². The molecule has 2 aromatic heterocycles. The Kier molecular flexibility index (Phi) is 6.22. The molecule has 1 saturated heterocycles. The Morgan fingerprint density at radius 3 is 2.50 bits per heavy atom. The monoisotopic (exact) mass is 472 g/mol. The normalized spacial score (nSPS) is 13.7. The molecule has 0 radical (unpaired) electrons. The number of likely N-dealkylation sites (tertiary alicyclic amines) is 1. The maximum atomic E-state index is 13.0. The number of fused-ring (bicyclic) bond motifs is 1. The van der Waals surface area contributed by atoms with Crippen LogP contribution in [0.3, 0.4) is 0 Å². The number of nitrogens with one attached hydrogen (secondary N) is 1. The summed E-state index contributed by atoms with van der Waals surface area (Å²) in [6.45, 7) is 1.27. The van der Waals surface area contributed by atoms with Gasteiger partial charge in [0, 0.05) is 18.0 Å². The third-order valence-electron chi connectivity index (χ3n) is 5.97. The number of rotatable bonds is 5. The molecular formula is C26H24N4O3S. The van der Waals surface area contributed by atoms with E-state index in [0.29, 0.717) is 21.5 Å². The highest BCUT2D eigenvalue weighted by atomic mass is 32.1. The van der Waals surface area contributed by atoms with Crippen LogP contribution in [0.5, 0.6) is 0 Å². The lowest BCUT2D eigenvalue weighted by Crippen LogP contribution is -2.36. The summed E-state index contributed by atoms with van der Waals surface area (Å²) >= 11 is 1.45. The lowest BCUT2D eigenvalue weighted by Gasteiger charge is -2.27. The Morgan fingerprint density at radius 1 is 0.971 bits per heavy atom. The van der Waals surface area contributed by atoms with E-state index < -0.39 is 0 Å². The van der Waals surface area contributed by atoms with Gasteiger partial charge in [-0.2, -0.15) is 0 Å². The van der Waals surface area contributed by atoms with Gasteiger partial charge in [-0.15, -0.1) is 11.3 Å². The molecule has 8 heteroatoms. The third kappa shape index (κ3) is 4.49. The Balaban J connectivity index is 1.35. The van der Waals surface area contributed by atoms with Crippen molar-refractivity contribution in [3.05, 3.63) is 82.9 Å². The van der Waals surface area contributed by atoms with Crippen molar-refractivity contribution >= 4 is 39.1 Å². The number of aromatic nitrogens is 2. The van der Waals surface area contributed by atoms with Crippen LogP contribution in [-0.4, -0.2) is 39.4 Å². The van der Waals surface area contributed by atoms with Crippen LogP contribution in [-0.2, 0) is 11.3 Å². The molecule has 0 unspecified atom stereocenters. The molecule has 1 aliphatic heterocycles. The maximum absolute atomic E-state index is 13.0. The first kappa shape index (κ1) is 22.0. The van der Waals surface area contributed by atoms with E-state index in [0.717, 1.165) is 42.8 Å². The standard InChI is InChI=1S/C26H24N4O3S/c31-23(28-21-12-6-5-11-19(21)25(32)29-13-7-2-8-14-29)16-30-17-27-24-20(26(30)33)15-22(34-24)18-9-3-1-4-10-18/h1,3-6,9-12,15,17H,2,7-8,13-14,16H2,(H,28,31). The van der Waals surface area contributed by atoms with Crippen LogP contribution in [0.2, 0.25) is 0 Å². The first-order valence-electron chi connectivity index (χ1n) is 11.3. The van der Waals surface area contributed by atoms with E-state index in [-0.39, 0.29) is 23.9 Å². The van der Waals surface area contributed by atoms with Crippen LogP contribution in [0, 0.1) is 0 Å². The van der Waals surface area contributed by atoms with Gasteiger partial charge in [-0.3, -0.25) is 19.0 Å². The van der Waals surface area contributed by atoms with Gasteiger partial charge < -0.3 is 10.2 Å². The second kappa shape index (κ2) is 9.61. The molecule has 4 aromatic rings. The molecule has 0 saturated carbocycles. The van der Waals surface area contributed by atoms with Gasteiger partial charge in [0.15, 0.2) is 0 Å². The van der Waals surface area contributed by atoms with Crippen molar-refractivity contribution in [3.8, 4) is 10.4 Å². The molecule has 1 aliphatic rings. The fourth-order valence-electron chi connectivity index (χ4n) is 4.21. The quantitative estimate of drug-likeness (QED) is 0.467. The van der Waals surface area contributed by atoms with E-state index in [9.17, 15) is 14.4 Å². The van der Waals surface area contributed by atoms with Gasteiger partial charge in [-0.25, -0.2) is 4.98 Å². The summed E-state index contributed by atoms with van der Waals surface area (Å²) in [6, 6.07) is 18.6. The van der Waals surface area contributed by atoms with E-state index in [4.69, 9.17) is 0 Å². The molecule has 7 nitrogen and oxygen atoms in total. The first-order valence-corrected chi connectivity index (χ1v) is 12.1. The van der Waals surface area contributed by atoms with Crippen molar-refractivity contribution in [2.75, 3.05) is 18.4 Å². The topological polar surface area (TPSA) is 84.3 Å². The minimum absolute atomic E-state index is 0.0810. The Labute approximate surface area is 200 Å². The highest BCUT2D eigenvalue weighted by Gasteiger charge is 2.21. The van der Waals surface area contributed by atoms with Crippen LogP contribution < -0.4 is 10.9 Å². The molecule has 0 aliphatic carbocycles. The number of anilines is 1. The summed E-state index contributed by atoms with van der Waals surface area (Å²) in [5.41, 5.74) is 1.66. The molecule has 34 heavy (non-hydrogen) atoms. The summed E-state index contributed by atoms with van der Waals surface area (Å²) in [7, 11) is 0. The average Bonchev–Trinajstić information content (AvgIpc) is 3.32. The molecule has 2 amide bonds. The van der Waals surface area contributed by atoms with E-state index in [1.54, 1.807) is 24.3 Å². The molecule has 1 fully saturated rings. The maximum Gasteiger partial charge on any atom is 0.262 e.